The van der Waals surface area contributed by atoms with Crippen LogP contribution in [0.2, 0.25) is 5.02 Å². The van der Waals surface area contributed by atoms with Crippen LogP contribution in [0.3, 0.4) is 0 Å². The van der Waals surface area contributed by atoms with Crippen LogP contribution >= 0.6 is 11.6 Å². The number of halogens is 1. The molecule has 1 fully saturated rings. The van der Waals surface area contributed by atoms with E-state index in [1.807, 2.05) is 0 Å². The second-order valence-corrected chi connectivity index (χ2v) is 10.7. The number of amides is 1. The molecule has 35 heavy (non-hydrogen) atoms. The Balaban J connectivity index is 1.56. The van der Waals surface area contributed by atoms with Crippen LogP contribution in [0.25, 0.3) is 10.9 Å². The van der Waals surface area contributed by atoms with Gasteiger partial charge in [-0.05, 0) is 36.4 Å². The van der Waals surface area contributed by atoms with Gasteiger partial charge in [0, 0.05) is 60.8 Å². The molecule has 4 rings (SSSR count). The number of sulfonamides is 1. The predicted octanol–water partition coefficient (Wildman–Crippen LogP) is 2.31. The summed E-state index contributed by atoms with van der Waals surface area (Å²) < 4.78 is 27.6. The number of amidine groups is 1. The van der Waals surface area contributed by atoms with E-state index in [0.29, 0.717) is 21.5 Å². The lowest BCUT2D eigenvalue weighted by molar-refractivity contribution is -0.143. The highest BCUT2D eigenvalue weighted by atomic mass is 35.5. The Kier molecular flexibility index (Phi) is 6.58. The fourth-order valence-corrected chi connectivity index (χ4v) is 5.61. The number of hydrogen-bond donors (Lipinski definition) is 3. The van der Waals surface area contributed by atoms with Gasteiger partial charge in [0.1, 0.15) is 16.9 Å². The molecule has 3 aromatic rings. The van der Waals surface area contributed by atoms with E-state index in [1.165, 1.54) is 23.1 Å². The van der Waals surface area contributed by atoms with Crippen LogP contribution < -0.4 is 0 Å². The van der Waals surface area contributed by atoms with Crippen molar-refractivity contribution in [3.05, 3.63) is 64.7 Å². The minimum absolute atomic E-state index is 0.0582. The summed E-state index contributed by atoms with van der Waals surface area (Å²) in [5.74, 6) is -1.55. The van der Waals surface area contributed by atoms with E-state index in [-0.39, 0.29) is 36.1 Å². The monoisotopic (exact) mass is 517 g/mol. The fraction of sp³-hybridized carbons (Fsp3) is 0.261. The summed E-state index contributed by atoms with van der Waals surface area (Å²) in [6.07, 6.45) is 0. The highest BCUT2D eigenvalue weighted by Crippen LogP contribution is 2.26. The molecule has 1 aliphatic heterocycles. The van der Waals surface area contributed by atoms with E-state index < -0.39 is 27.9 Å². The predicted molar refractivity (Wildman–Crippen MR) is 131 cm³/mol. The number of carboxylic acid groups (broad SMARTS) is 1. The van der Waals surface area contributed by atoms with Crippen LogP contribution in [0.4, 0.5) is 0 Å². The van der Waals surface area contributed by atoms with Crippen LogP contribution in [0.1, 0.15) is 15.9 Å². The van der Waals surface area contributed by atoms with E-state index in [0.717, 1.165) is 4.31 Å². The van der Waals surface area contributed by atoms with E-state index in [1.54, 1.807) is 49.3 Å². The van der Waals surface area contributed by atoms with E-state index in [2.05, 4.69) is 4.98 Å². The van der Waals surface area contributed by atoms with E-state index in [4.69, 9.17) is 17.0 Å². The third-order valence-corrected chi connectivity index (χ3v) is 7.94. The zero-order valence-electron chi connectivity index (χ0n) is 19.0. The van der Waals surface area contributed by atoms with E-state index >= 15 is 0 Å². The third-order valence-electron chi connectivity index (χ3n) is 5.92. The summed E-state index contributed by atoms with van der Waals surface area (Å²) in [6, 6.07) is 11.3. The summed E-state index contributed by atoms with van der Waals surface area (Å²) in [5.41, 5.74) is 1.45. The number of H-pyrrole nitrogens is 1. The number of aromatic nitrogens is 1. The van der Waals surface area contributed by atoms with Crippen molar-refractivity contribution in [3.8, 4) is 0 Å². The van der Waals surface area contributed by atoms with Gasteiger partial charge in [-0.2, -0.15) is 4.31 Å². The van der Waals surface area contributed by atoms with Gasteiger partial charge in [-0.1, -0.05) is 23.7 Å². The number of benzene rings is 2. The largest absolute Gasteiger partial charge is 0.480 e. The molecule has 2 aromatic carbocycles. The first-order valence-corrected chi connectivity index (χ1v) is 12.5. The molecular weight excluding hydrogens is 494 g/mol. The van der Waals surface area contributed by atoms with Gasteiger partial charge in [0.05, 0.1) is 0 Å². The Bertz CT molecular complexity index is 1420. The number of fused-ring (bicyclic) bond motifs is 1. The van der Waals surface area contributed by atoms with Crippen LogP contribution in [-0.2, 0) is 14.8 Å². The van der Waals surface area contributed by atoms with Gasteiger partial charge in [0.25, 0.3) is 15.9 Å². The van der Waals surface area contributed by atoms with Crippen molar-refractivity contribution in [2.75, 3.05) is 33.7 Å². The number of carbonyl (C=O) groups excluding carboxylic acids is 1. The molecule has 1 saturated heterocycles. The summed E-state index contributed by atoms with van der Waals surface area (Å²) in [7, 11) is -0.568. The first kappa shape index (κ1) is 24.7. The smallest absolute Gasteiger partial charge is 0.327 e. The SMILES string of the molecule is CN(C)C(=N)c1ccc(C(=O)N2CCN(S(=O)(=O)c3cc4cc(Cl)ccc4[nH]3)CC2C(=O)O)cc1. The minimum Gasteiger partial charge on any atom is -0.480 e. The Morgan fingerprint density at radius 1 is 1.09 bits per heavy atom. The molecule has 0 radical (unpaired) electrons. The number of carboxylic acids is 1. The van der Waals surface area contributed by atoms with E-state index in [9.17, 15) is 23.1 Å². The van der Waals surface area contributed by atoms with Crippen LogP contribution in [-0.4, -0.2) is 90.1 Å². The molecule has 2 heterocycles. The van der Waals surface area contributed by atoms with Crippen molar-refractivity contribution in [1.82, 2.24) is 19.1 Å². The maximum atomic E-state index is 13.3. The maximum Gasteiger partial charge on any atom is 0.327 e. The average molecular weight is 518 g/mol. The molecule has 0 saturated carbocycles. The topological polar surface area (TPSA) is 138 Å². The van der Waals surface area contributed by atoms with Crippen LogP contribution in [0.15, 0.2) is 53.6 Å². The molecule has 1 atom stereocenters. The van der Waals surface area contributed by atoms with Crippen LogP contribution in [0.5, 0.6) is 0 Å². The molecule has 10 nitrogen and oxygen atoms in total. The highest BCUT2D eigenvalue weighted by Gasteiger charge is 2.40. The summed E-state index contributed by atoms with van der Waals surface area (Å²) in [5, 5.41) is 18.8. The summed E-state index contributed by atoms with van der Waals surface area (Å²) in [4.78, 5) is 30.8. The average Bonchev–Trinajstić information content (AvgIpc) is 3.27. The summed E-state index contributed by atoms with van der Waals surface area (Å²) >= 11 is 5.99. The minimum atomic E-state index is -4.04. The number of aromatic amines is 1. The molecule has 1 amide bonds. The van der Waals surface area contributed by atoms with Crippen molar-refractivity contribution in [1.29, 1.82) is 5.41 Å². The highest BCUT2D eigenvalue weighted by molar-refractivity contribution is 7.89. The maximum absolute atomic E-state index is 13.3. The van der Waals surface area contributed by atoms with Gasteiger partial charge in [-0.15, -0.1) is 0 Å². The number of hydrogen-bond acceptors (Lipinski definition) is 5. The van der Waals surface area contributed by atoms with Gasteiger partial charge in [-0.3, -0.25) is 10.2 Å². The lowest BCUT2D eigenvalue weighted by atomic mass is 10.1. The van der Waals surface area contributed by atoms with Crippen molar-refractivity contribution >= 4 is 50.2 Å². The Hall–Kier alpha value is -3.41. The molecular formula is C23H24ClN5O5S. The fourth-order valence-electron chi connectivity index (χ4n) is 3.98. The number of nitrogens with zero attached hydrogens (tertiary/aromatic N) is 3. The molecule has 0 spiro atoms. The first-order valence-electron chi connectivity index (χ1n) is 10.7. The van der Waals surface area contributed by atoms with Gasteiger partial charge < -0.3 is 19.9 Å². The molecule has 0 aliphatic carbocycles. The number of rotatable bonds is 5. The third kappa shape index (κ3) is 4.75. The van der Waals surface area contributed by atoms with Gasteiger partial charge in [0.2, 0.25) is 0 Å². The second-order valence-electron chi connectivity index (χ2n) is 8.40. The van der Waals surface area contributed by atoms with Crippen molar-refractivity contribution in [3.63, 3.8) is 0 Å². The zero-order valence-corrected chi connectivity index (χ0v) is 20.6. The molecule has 0 bridgehead atoms. The number of carbonyl (C=O) groups is 2. The van der Waals surface area contributed by atoms with Crippen molar-refractivity contribution < 1.29 is 23.1 Å². The van der Waals surface area contributed by atoms with Crippen molar-refractivity contribution in [2.24, 2.45) is 0 Å². The Labute approximate surface area is 207 Å². The number of aliphatic carboxylic acids is 1. The molecule has 1 unspecified atom stereocenters. The molecule has 3 N–H and O–H groups in total. The second kappa shape index (κ2) is 9.33. The number of piperazine rings is 1. The lowest BCUT2D eigenvalue weighted by Gasteiger charge is -2.38. The Morgan fingerprint density at radius 2 is 1.74 bits per heavy atom. The summed E-state index contributed by atoms with van der Waals surface area (Å²) in [6.45, 7) is -0.531. The number of nitrogens with one attached hydrogen (secondary N) is 2. The van der Waals surface area contributed by atoms with Gasteiger partial charge in [0.15, 0.2) is 0 Å². The molecule has 12 heteroatoms. The molecule has 1 aliphatic rings. The normalized spacial score (nSPS) is 16.9. The molecule has 184 valence electrons. The van der Waals surface area contributed by atoms with Crippen LogP contribution in [0, 0.1) is 5.41 Å². The zero-order chi connectivity index (χ0) is 25.5. The standard InChI is InChI=1S/C23H24ClN5O5S/c1-27(2)21(25)14-3-5-15(6-4-14)22(30)29-10-9-28(13-19(29)23(31)32)35(33,34)20-12-16-11-17(24)7-8-18(16)26-20/h3-8,11-12,19,25-26H,9-10,13H2,1-2H3,(H,31,32). The first-order chi connectivity index (χ1) is 16.5. The van der Waals surface area contributed by atoms with Gasteiger partial charge in [-0.25, -0.2) is 13.2 Å². The van der Waals surface area contributed by atoms with Crippen molar-refractivity contribution in [2.45, 2.75) is 11.1 Å². The molecule has 1 aromatic heterocycles. The Morgan fingerprint density at radius 3 is 2.37 bits per heavy atom. The quantitative estimate of drug-likeness (QED) is 0.351. The lowest BCUT2D eigenvalue weighted by Crippen LogP contribution is -2.59. The van der Waals surface area contributed by atoms with Gasteiger partial charge >= 0.3 is 5.97 Å².